The number of amides is 1. The van der Waals surface area contributed by atoms with Crippen LogP contribution in [0.3, 0.4) is 0 Å². The minimum absolute atomic E-state index is 0.114. The highest BCUT2D eigenvalue weighted by atomic mass is 19.4. The zero-order valence-electron chi connectivity index (χ0n) is 30.8. The lowest BCUT2D eigenvalue weighted by Crippen LogP contribution is -2.32. The molecule has 3 heterocycles. The lowest BCUT2D eigenvalue weighted by atomic mass is 9.77. The number of benzene rings is 3. The second-order valence-electron chi connectivity index (χ2n) is 13.6. The van der Waals surface area contributed by atoms with Gasteiger partial charge in [0.25, 0.3) is 5.91 Å². The Labute approximate surface area is 310 Å². The Morgan fingerprint density at radius 3 is 2.17 bits per heavy atom. The standard InChI is InChI=1S/C41H40F3N5O5/c1-23(2)25-11-13-26(14-12-25)30-21-36(41(42,43)44)48-37(45-30)22-31(46-48)40(50)49-39(28-15-17-33(52-4)35(20-28)54-6)29-9-7-8-27(38(29)47-49)18-24-10-16-32(51-3)34(19-24)53-5/h10-23,29,39H,7-9H2,1-6H3/b27-18-. The molecule has 7 rings (SSSR count). The maximum absolute atomic E-state index is 14.6. The summed E-state index contributed by atoms with van der Waals surface area (Å²) in [6, 6.07) is 19.9. The second kappa shape index (κ2) is 14.5. The van der Waals surface area contributed by atoms with Crippen LogP contribution in [0.15, 0.2) is 83.5 Å². The van der Waals surface area contributed by atoms with Crippen molar-refractivity contribution in [2.45, 2.75) is 51.2 Å². The number of ether oxygens (including phenoxy) is 4. The van der Waals surface area contributed by atoms with Gasteiger partial charge in [-0.25, -0.2) is 14.5 Å². The second-order valence-corrected chi connectivity index (χ2v) is 13.6. The van der Waals surface area contributed by atoms with E-state index in [1.807, 2.05) is 56.3 Å². The molecule has 2 atom stereocenters. The molecule has 0 N–H and O–H groups in total. The quantitative estimate of drug-likeness (QED) is 0.149. The molecule has 1 saturated carbocycles. The van der Waals surface area contributed by atoms with Crippen molar-refractivity contribution in [2.75, 3.05) is 28.4 Å². The van der Waals surface area contributed by atoms with Crippen molar-refractivity contribution in [3.05, 3.63) is 106 Å². The van der Waals surface area contributed by atoms with E-state index in [4.69, 9.17) is 24.0 Å². The number of hydrogen-bond acceptors (Lipinski definition) is 8. The zero-order valence-corrected chi connectivity index (χ0v) is 30.8. The predicted molar refractivity (Wildman–Crippen MR) is 198 cm³/mol. The molecule has 2 aromatic heterocycles. The van der Waals surface area contributed by atoms with Crippen LogP contribution in [0.1, 0.15) is 77.9 Å². The van der Waals surface area contributed by atoms with Crippen LogP contribution in [0.5, 0.6) is 23.0 Å². The highest BCUT2D eigenvalue weighted by Gasteiger charge is 2.45. The maximum Gasteiger partial charge on any atom is 0.433 e. The van der Waals surface area contributed by atoms with E-state index in [0.717, 1.165) is 41.2 Å². The van der Waals surface area contributed by atoms with Gasteiger partial charge in [-0.1, -0.05) is 50.2 Å². The first-order valence-electron chi connectivity index (χ1n) is 17.6. The van der Waals surface area contributed by atoms with Gasteiger partial charge in [-0.3, -0.25) is 4.79 Å². The Morgan fingerprint density at radius 1 is 0.852 bits per heavy atom. The van der Waals surface area contributed by atoms with Crippen LogP contribution in [0.4, 0.5) is 13.2 Å². The molecule has 3 aromatic carbocycles. The highest BCUT2D eigenvalue weighted by Crippen LogP contribution is 2.47. The Morgan fingerprint density at radius 2 is 1.52 bits per heavy atom. The molecule has 1 amide bonds. The Kier molecular flexibility index (Phi) is 9.82. The fourth-order valence-corrected chi connectivity index (χ4v) is 7.27. The van der Waals surface area contributed by atoms with Gasteiger partial charge >= 0.3 is 6.18 Å². The van der Waals surface area contributed by atoms with E-state index in [1.165, 1.54) is 25.3 Å². The SMILES string of the molecule is COc1ccc(/C=C2/CCCC3C2=NN(C(=O)c2cc4nc(-c5ccc(C(C)C)cc5)cc(C(F)(F)F)n4n2)C3c2ccc(OC)c(OC)c2)cc1OC. The highest BCUT2D eigenvalue weighted by molar-refractivity contribution is 6.09. The van der Waals surface area contributed by atoms with Crippen molar-refractivity contribution in [3.63, 3.8) is 0 Å². The molecule has 0 radical (unpaired) electrons. The van der Waals surface area contributed by atoms with Gasteiger partial charge in [-0.05, 0) is 83.9 Å². The van der Waals surface area contributed by atoms with Gasteiger partial charge in [-0.15, -0.1) is 0 Å². The third-order valence-electron chi connectivity index (χ3n) is 10.0. The molecule has 0 saturated heterocycles. The zero-order chi connectivity index (χ0) is 38.3. The topological polar surface area (TPSA) is 99.8 Å². The first kappa shape index (κ1) is 36.5. The first-order valence-corrected chi connectivity index (χ1v) is 17.6. The molecule has 1 aliphatic heterocycles. The van der Waals surface area contributed by atoms with E-state index in [0.29, 0.717) is 45.2 Å². The number of carbonyl (C=O) groups is 1. The van der Waals surface area contributed by atoms with E-state index in [-0.39, 0.29) is 28.9 Å². The summed E-state index contributed by atoms with van der Waals surface area (Å²) in [5.74, 6) is 1.50. The minimum atomic E-state index is -4.78. The van der Waals surface area contributed by atoms with E-state index < -0.39 is 23.8 Å². The van der Waals surface area contributed by atoms with Gasteiger partial charge < -0.3 is 18.9 Å². The molecule has 13 heteroatoms. The summed E-state index contributed by atoms with van der Waals surface area (Å²) in [7, 11) is 6.21. The fourth-order valence-electron chi connectivity index (χ4n) is 7.27. The van der Waals surface area contributed by atoms with Crippen LogP contribution in [0.25, 0.3) is 23.0 Å². The summed E-state index contributed by atoms with van der Waals surface area (Å²) in [6.45, 7) is 4.08. The summed E-state index contributed by atoms with van der Waals surface area (Å²) < 4.78 is 66.4. The van der Waals surface area contributed by atoms with Gasteiger partial charge in [0.2, 0.25) is 0 Å². The minimum Gasteiger partial charge on any atom is -0.493 e. The molecule has 0 spiro atoms. The number of aromatic nitrogens is 3. The molecule has 2 unspecified atom stereocenters. The van der Waals surface area contributed by atoms with Crippen molar-refractivity contribution in [3.8, 4) is 34.3 Å². The van der Waals surface area contributed by atoms with Gasteiger partial charge in [0, 0.05) is 17.5 Å². The molecule has 5 aromatic rings. The Bertz CT molecular complexity index is 2280. The third kappa shape index (κ3) is 6.74. The first-order chi connectivity index (χ1) is 25.9. The lowest BCUT2D eigenvalue weighted by Gasteiger charge is -2.29. The van der Waals surface area contributed by atoms with Crippen LogP contribution in [0, 0.1) is 5.92 Å². The van der Waals surface area contributed by atoms with Crippen molar-refractivity contribution in [2.24, 2.45) is 11.0 Å². The summed E-state index contributed by atoms with van der Waals surface area (Å²) in [5, 5.41) is 10.5. The molecule has 0 bridgehead atoms. The molecule has 1 fully saturated rings. The van der Waals surface area contributed by atoms with Gasteiger partial charge in [-0.2, -0.15) is 23.4 Å². The lowest BCUT2D eigenvalue weighted by molar-refractivity contribution is -0.142. The van der Waals surface area contributed by atoms with E-state index in [1.54, 1.807) is 38.5 Å². The van der Waals surface area contributed by atoms with Crippen LogP contribution >= 0.6 is 0 Å². The maximum atomic E-state index is 14.6. The number of alkyl halides is 3. The average molecular weight is 740 g/mol. The van der Waals surface area contributed by atoms with Crippen molar-refractivity contribution < 1.29 is 36.9 Å². The van der Waals surface area contributed by atoms with Crippen molar-refractivity contribution in [1.82, 2.24) is 19.6 Å². The average Bonchev–Trinajstić information content (AvgIpc) is 3.79. The van der Waals surface area contributed by atoms with E-state index in [2.05, 4.69) is 10.1 Å². The normalized spacial score (nSPS) is 17.9. The molecular weight excluding hydrogens is 699 g/mol. The van der Waals surface area contributed by atoms with E-state index in [9.17, 15) is 18.0 Å². The molecular formula is C41H40F3N5O5. The summed E-state index contributed by atoms with van der Waals surface area (Å²) in [5.41, 5.74) is 3.53. The number of hydrogen-bond donors (Lipinski definition) is 0. The largest absolute Gasteiger partial charge is 0.493 e. The molecule has 2 aliphatic rings. The fraction of sp³-hybridized carbons (Fsp3) is 0.317. The number of allylic oxidation sites excluding steroid dienone is 1. The summed E-state index contributed by atoms with van der Waals surface area (Å²) in [6.07, 6.45) is -0.517. The number of halogens is 3. The third-order valence-corrected chi connectivity index (χ3v) is 10.0. The summed E-state index contributed by atoms with van der Waals surface area (Å²) in [4.78, 5) is 19.1. The Balaban J connectivity index is 1.34. The number of rotatable bonds is 9. The number of carbonyl (C=O) groups excluding carboxylic acids is 1. The van der Waals surface area contributed by atoms with Crippen LogP contribution in [-0.2, 0) is 6.18 Å². The molecule has 1 aliphatic carbocycles. The number of methoxy groups -OCH3 is 4. The summed E-state index contributed by atoms with van der Waals surface area (Å²) >= 11 is 0. The van der Waals surface area contributed by atoms with Crippen molar-refractivity contribution >= 4 is 23.3 Å². The van der Waals surface area contributed by atoms with Crippen LogP contribution < -0.4 is 18.9 Å². The molecule has 10 nitrogen and oxygen atoms in total. The van der Waals surface area contributed by atoms with Gasteiger partial charge in [0.1, 0.15) is 0 Å². The molecule has 54 heavy (non-hydrogen) atoms. The van der Waals surface area contributed by atoms with E-state index >= 15 is 0 Å². The van der Waals surface area contributed by atoms with Gasteiger partial charge in [0.05, 0.1) is 45.9 Å². The number of hydrazone groups is 1. The number of fused-ring (bicyclic) bond motifs is 2. The van der Waals surface area contributed by atoms with Crippen LogP contribution in [0.2, 0.25) is 0 Å². The molecule has 280 valence electrons. The van der Waals surface area contributed by atoms with Crippen LogP contribution in [-0.4, -0.2) is 59.7 Å². The van der Waals surface area contributed by atoms with Gasteiger partial charge in [0.15, 0.2) is 40.0 Å². The van der Waals surface area contributed by atoms with Crippen molar-refractivity contribution in [1.29, 1.82) is 0 Å². The Hall–Kier alpha value is -5.85. The number of nitrogens with zero attached hydrogens (tertiary/aromatic N) is 5. The predicted octanol–water partition coefficient (Wildman–Crippen LogP) is 9.01. The smallest absolute Gasteiger partial charge is 0.433 e. The monoisotopic (exact) mass is 739 g/mol.